The van der Waals surface area contributed by atoms with Crippen molar-refractivity contribution in [1.82, 2.24) is 0 Å². The van der Waals surface area contributed by atoms with E-state index in [2.05, 4.69) is 207 Å². The number of hydrogen-bond acceptors (Lipinski definition) is 0. The molecule has 12 aromatic rings. The van der Waals surface area contributed by atoms with Gasteiger partial charge < -0.3 is 0 Å². The lowest BCUT2D eigenvalue weighted by Crippen LogP contribution is -2.49. The predicted molar refractivity (Wildman–Crippen MR) is 260 cm³/mol. The lowest BCUT2D eigenvalue weighted by atomic mass is 9.83. The molecule has 0 atom stereocenters. The normalized spacial score (nSPS) is 13.4. The third kappa shape index (κ3) is 4.48. The van der Waals surface area contributed by atoms with Crippen LogP contribution in [0, 0.1) is 0 Å². The quantitative estimate of drug-likeness (QED) is 0.0935. The van der Waals surface area contributed by atoms with E-state index in [-0.39, 0.29) is 0 Å². The molecule has 13 rings (SSSR count). The second-order valence-corrected chi connectivity index (χ2v) is 21.4. The van der Waals surface area contributed by atoms with Gasteiger partial charge in [0.05, 0.1) is 0 Å². The molecule has 0 saturated carbocycles. The van der Waals surface area contributed by atoms with Crippen LogP contribution in [0.25, 0.3) is 120 Å². The van der Waals surface area contributed by atoms with Crippen molar-refractivity contribution in [2.75, 3.05) is 0 Å². The number of rotatable bonds is 2. The highest BCUT2D eigenvalue weighted by Crippen LogP contribution is 2.48. The minimum absolute atomic E-state index is 1.25. The van der Waals surface area contributed by atoms with Crippen LogP contribution >= 0.6 is 0 Å². The number of fused-ring (bicyclic) bond motifs is 17. The fourth-order valence-electron chi connectivity index (χ4n) is 11.1. The van der Waals surface area contributed by atoms with E-state index in [9.17, 15) is 0 Å². The topological polar surface area (TPSA) is 0 Å². The van der Waals surface area contributed by atoms with Gasteiger partial charge in [-0.3, -0.25) is 0 Å². The first-order valence-electron chi connectivity index (χ1n) is 20.8. The standard InChI is InChI=1S/C58H38Si/c1-59(2)55-26-14-13-23-47(55)52-33-53-54(34-56(52)59)58(36-28-30-46-42-20-6-4-16-38(42)40-18-8-10-22-44(40)51(46)32-36)49-25-12-11-24-48(49)57(53)35-27-29-45-41-19-5-3-15-37(41)39-17-7-9-21-43(39)50(45)31-35/h3-34H,1-2H3. The average molecular weight is 763 g/mol. The molecule has 0 fully saturated rings. The van der Waals surface area contributed by atoms with Crippen LogP contribution in [0.3, 0.4) is 0 Å². The maximum atomic E-state index is 2.62. The van der Waals surface area contributed by atoms with Gasteiger partial charge >= 0.3 is 0 Å². The number of benzene rings is 12. The molecule has 0 saturated heterocycles. The third-order valence-electron chi connectivity index (χ3n) is 13.8. The van der Waals surface area contributed by atoms with Gasteiger partial charge in [0, 0.05) is 0 Å². The second-order valence-electron chi connectivity index (χ2n) is 17.1. The van der Waals surface area contributed by atoms with Gasteiger partial charge in [0.25, 0.3) is 0 Å². The Morgan fingerprint density at radius 1 is 0.237 bits per heavy atom. The summed E-state index contributed by atoms with van der Waals surface area (Å²) in [7, 11) is -1.99. The van der Waals surface area contributed by atoms with Gasteiger partial charge in [-0.25, -0.2) is 0 Å². The molecule has 0 bridgehead atoms. The Balaban J connectivity index is 1.18. The molecule has 0 aromatic heterocycles. The molecule has 59 heavy (non-hydrogen) atoms. The molecule has 0 aliphatic carbocycles. The molecule has 0 radical (unpaired) electrons. The SMILES string of the molecule is C[Si]1(C)c2ccccc2-c2cc3c(-c4ccc5c6ccccc6c6ccccc6c5c4)c4ccccc4c(-c4ccc5c6ccccc6c6ccccc6c5c4)c3cc21. The molecular weight excluding hydrogens is 725 g/mol. The molecule has 0 spiro atoms. The Morgan fingerprint density at radius 3 is 1.02 bits per heavy atom. The molecule has 0 amide bonds. The van der Waals surface area contributed by atoms with Gasteiger partial charge in [0.15, 0.2) is 0 Å². The van der Waals surface area contributed by atoms with E-state index in [1.54, 1.807) is 0 Å². The molecule has 0 nitrogen and oxygen atoms in total. The highest BCUT2D eigenvalue weighted by Gasteiger charge is 2.38. The lowest BCUT2D eigenvalue weighted by Gasteiger charge is -2.23. The highest BCUT2D eigenvalue weighted by molar-refractivity contribution is 7.04. The smallest absolute Gasteiger partial charge is 0.0623 e. The van der Waals surface area contributed by atoms with Gasteiger partial charge in [0.2, 0.25) is 0 Å². The molecule has 1 heterocycles. The summed E-state index contributed by atoms with van der Waals surface area (Å²) < 4.78 is 0. The first-order valence-corrected chi connectivity index (χ1v) is 23.8. The molecular formula is C58H38Si. The summed E-state index contributed by atoms with van der Waals surface area (Å²) in [5.74, 6) is 0. The Hall–Kier alpha value is -7.06. The van der Waals surface area contributed by atoms with E-state index in [0.717, 1.165) is 0 Å². The van der Waals surface area contributed by atoms with E-state index < -0.39 is 8.07 Å². The van der Waals surface area contributed by atoms with Crippen molar-refractivity contribution in [3.05, 3.63) is 194 Å². The highest BCUT2D eigenvalue weighted by atomic mass is 28.3. The minimum Gasteiger partial charge on any atom is -0.0623 e. The van der Waals surface area contributed by atoms with Crippen LogP contribution in [0.4, 0.5) is 0 Å². The summed E-state index contributed by atoms with van der Waals surface area (Å²) in [5.41, 5.74) is 7.95. The fourth-order valence-corrected chi connectivity index (χ4v) is 14.2. The maximum absolute atomic E-state index is 2.62. The monoisotopic (exact) mass is 762 g/mol. The zero-order valence-corrected chi connectivity index (χ0v) is 34.0. The van der Waals surface area contributed by atoms with Gasteiger partial charge in [-0.2, -0.15) is 0 Å². The molecule has 1 aliphatic heterocycles. The van der Waals surface area contributed by atoms with Crippen LogP contribution in [0.2, 0.25) is 13.1 Å². The first-order chi connectivity index (χ1) is 29.0. The third-order valence-corrected chi connectivity index (χ3v) is 17.3. The molecule has 1 aliphatic rings. The summed E-state index contributed by atoms with van der Waals surface area (Å²) in [4.78, 5) is 0. The molecule has 0 unspecified atom stereocenters. The van der Waals surface area contributed by atoms with Crippen molar-refractivity contribution in [2.24, 2.45) is 0 Å². The number of hydrogen-bond donors (Lipinski definition) is 0. The predicted octanol–water partition coefficient (Wildman–Crippen LogP) is 15.0. The van der Waals surface area contributed by atoms with Crippen LogP contribution in [-0.4, -0.2) is 8.07 Å². The van der Waals surface area contributed by atoms with Crippen molar-refractivity contribution in [1.29, 1.82) is 0 Å². The van der Waals surface area contributed by atoms with Crippen molar-refractivity contribution < 1.29 is 0 Å². The van der Waals surface area contributed by atoms with Gasteiger partial charge in [-0.15, -0.1) is 0 Å². The van der Waals surface area contributed by atoms with Crippen molar-refractivity contribution in [2.45, 2.75) is 13.1 Å². The molecule has 0 N–H and O–H groups in total. The van der Waals surface area contributed by atoms with Crippen LogP contribution in [-0.2, 0) is 0 Å². The Morgan fingerprint density at radius 2 is 0.576 bits per heavy atom. The van der Waals surface area contributed by atoms with E-state index in [1.807, 2.05) is 0 Å². The van der Waals surface area contributed by atoms with Gasteiger partial charge in [-0.05, 0) is 148 Å². The summed E-state index contributed by atoms with van der Waals surface area (Å²) in [6, 6.07) is 73.8. The zero-order valence-electron chi connectivity index (χ0n) is 33.0. The van der Waals surface area contributed by atoms with E-state index in [0.29, 0.717) is 0 Å². The Kier molecular flexibility index (Phi) is 6.70. The lowest BCUT2D eigenvalue weighted by molar-refractivity contribution is 1.69. The van der Waals surface area contributed by atoms with Crippen LogP contribution in [0.1, 0.15) is 0 Å². The zero-order chi connectivity index (χ0) is 39.0. The van der Waals surface area contributed by atoms with Crippen LogP contribution in [0.5, 0.6) is 0 Å². The van der Waals surface area contributed by atoms with Crippen LogP contribution < -0.4 is 10.4 Å². The summed E-state index contributed by atoms with van der Waals surface area (Å²) in [6.07, 6.45) is 0. The van der Waals surface area contributed by atoms with E-state index >= 15 is 0 Å². The van der Waals surface area contributed by atoms with Crippen LogP contribution in [0.15, 0.2) is 194 Å². The Labute approximate surface area is 343 Å². The summed E-state index contributed by atoms with van der Waals surface area (Å²) >= 11 is 0. The largest absolute Gasteiger partial charge is 0.113 e. The average Bonchev–Trinajstić information content (AvgIpc) is 3.52. The van der Waals surface area contributed by atoms with Crippen molar-refractivity contribution in [3.8, 4) is 33.4 Å². The van der Waals surface area contributed by atoms with Crippen molar-refractivity contribution >= 4 is 105 Å². The summed E-state index contributed by atoms with van der Waals surface area (Å²) in [6.45, 7) is 5.08. The van der Waals surface area contributed by atoms with Gasteiger partial charge in [0.1, 0.15) is 8.07 Å². The van der Waals surface area contributed by atoms with E-state index in [1.165, 1.54) is 130 Å². The first kappa shape index (κ1) is 33.0. The maximum Gasteiger partial charge on any atom is 0.113 e. The Bertz CT molecular complexity index is 3740. The summed E-state index contributed by atoms with van der Waals surface area (Å²) in [5, 5.41) is 23.9. The second kappa shape index (κ2) is 12.0. The van der Waals surface area contributed by atoms with E-state index in [4.69, 9.17) is 0 Å². The molecule has 1 heteroatoms. The molecule has 12 aromatic carbocycles. The fraction of sp³-hybridized carbons (Fsp3) is 0.0345. The minimum atomic E-state index is -1.99. The van der Waals surface area contributed by atoms with Crippen molar-refractivity contribution in [3.63, 3.8) is 0 Å². The van der Waals surface area contributed by atoms with Gasteiger partial charge in [-0.1, -0.05) is 189 Å². The molecule has 274 valence electrons.